The number of aliphatic hydroxyl groups excluding tert-OH is 1. The maximum absolute atomic E-state index is 14.4. The lowest BCUT2D eigenvalue weighted by molar-refractivity contribution is -0.113. The number of ether oxygens (including phenoxy) is 1. The van der Waals surface area contributed by atoms with E-state index in [9.17, 15) is 14.3 Å². The van der Waals surface area contributed by atoms with Crippen molar-refractivity contribution in [1.82, 2.24) is 20.2 Å². The third-order valence-electron chi connectivity index (χ3n) is 6.52. The quantitative estimate of drug-likeness (QED) is 0.458. The van der Waals surface area contributed by atoms with E-state index < -0.39 is 11.9 Å². The molecule has 1 amide bonds. The number of anilines is 1. The van der Waals surface area contributed by atoms with Gasteiger partial charge in [0.1, 0.15) is 17.1 Å². The van der Waals surface area contributed by atoms with E-state index in [0.717, 1.165) is 36.5 Å². The normalized spacial score (nSPS) is 17.7. The first-order chi connectivity index (χ1) is 17.0. The number of likely N-dealkylation sites (tertiary alicyclic amines) is 1. The molecule has 2 aliphatic heterocycles. The first kappa shape index (κ1) is 23.9. The Bertz CT molecular complexity index is 1240. The van der Waals surface area contributed by atoms with Gasteiger partial charge in [-0.1, -0.05) is 0 Å². The summed E-state index contributed by atoms with van der Waals surface area (Å²) in [6.45, 7) is 2.80. The molecular formula is C25H28FN5O3S. The lowest BCUT2D eigenvalue weighted by Gasteiger charge is -2.33. The number of piperidine rings is 1. The van der Waals surface area contributed by atoms with Gasteiger partial charge < -0.3 is 25.4 Å². The molecule has 0 bridgehead atoms. The number of halogens is 1. The first-order valence-corrected chi connectivity index (χ1v) is 12.7. The molecule has 0 radical (unpaired) electrons. The van der Waals surface area contributed by atoms with E-state index in [4.69, 9.17) is 4.74 Å². The van der Waals surface area contributed by atoms with Gasteiger partial charge in [-0.05, 0) is 55.8 Å². The number of thioether (sulfide) groups is 1. The Morgan fingerprint density at radius 1 is 1.31 bits per heavy atom. The first-order valence-electron chi connectivity index (χ1n) is 11.7. The van der Waals surface area contributed by atoms with Gasteiger partial charge in [-0.15, -0.1) is 11.8 Å². The largest absolute Gasteiger partial charge is 0.497 e. The van der Waals surface area contributed by atoms with Gasteiger partial charge in [-0.3, -0.25) is 9.78 Å². The van der Waals surface area contributed by atoms with Crippen LogP contribution in [0.1, 0.15) is 30.2 Å². The summed E-state index contributed by atoms with van der Waals surface area (Å²) in [6.07, 6.45) is 2.67. The number of hydrogen-bond donors (Lipinski definition) is 3. The van der Waals surface area contributed by atoms with E-state index >= 15 is 0 Å². The zero-order valence-corrected chi connectivity index (χ0v) is 20.3. The fourth-order valence-corrected chi connectivity index (χ4v) is 5.39. The highest BCUT2D eigenvalue weighted by atomic mass is 32.2. The summed E-state index contributed by atoms with van der Waals surface area (Å²) in [4.78, 5) is 23.6. The molecule has 184 valence electrons. The van der Waals surface area contributed by atoms with Crippen molar-refractivity contribution in [3.63, 3.8) is 0 Å². The molecule has 10 heteroatoms. The Kier molecular flexibility index (Phi) is 7.14. The zero-order chi connectivity index (χ0) is 24.4. The van der Waals surface area contributed by atoms with Gasteiger partial charge in [0.2, 0.25) is 5.91 Å². The Hall–Kier alpha value is -2.79. The zero-order valence-electron chi connectivity index (χ0n) is 19.5. The second-order valence-electron chi connectivity index (χ2n) is 8.86. The molecule has 4 heterocycles. The molecular weight excluding hydrogens is 469 g/mol. The highest BCUT2D eigenvalue weighted by Crippen LogP contribution is 2.31. The molecule has 0 saturated carbocycles. The van der Waals surface area contributed by atoms with Crippen molar-refractivity contribution in [1.29, 1.82) is 0 Å². The van der Waals surface area contributed by atoms with Crippen LogP contribution < -0.4 is 15.4 Å². The van der Waals surface area contributed by atoms with Crippen molar-refractivity contribution < 1.29 is 19.0 Å². The summed E-state index contributed by atoms with van der Waals surface area (Å²) in [7, 11) is 1.49. The number of amides is 1. The second-order valence-corrected chi connectivity index (χ2v) is 9.88. The lowest BCUT2D eigenvalue weighted by atomic mass is 10.0. The van der Waals surface area contributed by atoms with Gasteiger partial charge in [0.05, 0.1) is 29.6 Å². The standard InChI is InChI=1S/C25H28FN5O3S/c1-34-17-10-19-18(4-7-27-24(19)20(26)11-17)21(32)13-31-8-5-15(6-9-31)28-12-16-2-3-22-25(29-16)30-23(33)14-35-22/h2-4,7,10-11,15,21,28,32H,5-6,8-9,12-14H2,1H3,(H,29,30,33)/t21-/m0/s1. The number of hydrogen-bond acceptors (Lipinski definition) is 8. The van der Waals surface area contributed by atoms with E-state index in [1.165, 1.54) is 31.1 Å². The number of fused-ring (bicyclic) bond motifs is 2. The average Bonchev–Trinajstić information content (AvgIpc) is 2.87. The number of β-amino-alcohol motifs (C(OH)–C–C–N with tert-alkyl or cyclic N) is 1. The maximum atomic E-state index is 14.4. The lowest BCUT2D eigenvalue weighted by Crippen LogP contribution is -2.43. The van der Waals surface area contributed by atoms with Crippen molar-refractivity contribution in [2.45, 2.75) is 36.4 Å². The summed E-state index contributed by atoms with van der Waals surface area (Å²) < 4.78 is 19.6. The monoisotopic (exact) mass is 497 g/mol. The maximum Gasteiger partial charge on any atom is 0.235 e. The van der Waals surface area contributed by atoms with Gasteiger partial charge in [0.25, 0.3) is 0 Å². The summed E-state index contributed by atoms with van der Waals surface area (Å²) in [6, 6.07) is 9.13. The highest BCUT2D eigenvalue weighted by Gasteiger charge is 2.23. The van der Waals surface area contributed by atoms with Crippen molar-refractivity contribution in [2.75, 3.05) is 37.8 Å². The smallest absolute Gasteiger partial charge is 0.235 e. The van der Waals surface area contributed by atoms with Crippen molar-refractivity contribution in [3.05, 3.63) is 53.6 Å². The molecule has 1 aromatic carbocycles. The van der Waals surface area contributed by atoms with E-state index in [-0.39, 0.29) is 11.4 Å². The molecule has 35 heavy (non-hydrogen) atoms. The Balaban J connectivity index is 1.15. The van der Waals surface area contributed by atoms with Crippen molar-refractivity contribution >= 4 is 34.4 Å². The van der Waals surface area contributed by atoms with Crippen LogP contribution in [0.3, 0.4) is 0 Å². The van der Waals surface area contributed by atoms with E-state index in [2.05, 4.69) is 25.5 Å². The predicted molar refractivity (Wildman–Crippen MR) is 133 cm³/mol. The van der Waals surface area contributed by atoms with Crippen LogP contribution in [-0.4, -0.2) is 64.4 Å². The molecule has 3 N–H and O–H groups in total. The third-order valence-corrected chi connectivity index (χ3v) is 7.57. The topological polar surface area (TPSA) is 99.6 Å². The molecule has 0 aliphatic carbocycles. The minimum absolute atomic E-state index is 0.0151. The molecule has 3 aromatic rings. The van der Waals surface area contributed by atoms with Crippen LogP contribution in [0.4, 0.5) is 10.2 Å². The molecule has 0 spiro atoms. The summed E-state index contributed by atoms with van der Waals surface area (Å²) >= 11 is 1.51. The number of rotatable bonds is 7. The molecule has 1 saturated heterocycles. The number of benzene rings is 1. The SMILES string of the molecule is COc1cc(F)c2nccc([C@@H](O)CN3CCC(NCc4ccc5c(n4)NC(=O)CS5)CC3)c2c1. The van der Waals surface area contributed by atoms with Gasteiger partial charge >= 0.3 is 0 Å². The third kappa shape index (κ3) is 5.40. The average molecular weight is 498 g/mol. The molecule has 1 fully saturated rings. The highest BCUT2D eigenvalue weighted by molar-refractivity contribution is 8.00. The summed E-state index contributed by atoms with van der Waals surface area (Å²) in [5.74, 6) is 1.00. The number of methoxy groups -OCH3 is 1. The van der Waals surface area contributed by atoms with Crippen LogP contribution in [0, 0.1) is 5.82 Å². The number of aromatic nitrogens is 2. The minimum atomic E-state index is -0.760. The molecule has 5 rings (SSSR count). The molecule has 2 aliphatic rings. The van der Waals surface area contributed by atoms with Crippen molar-refractivity contribution in [3.8, 4) is 5.75 Å². The van der Waals surface area contributed by atoms with Crippen LogP contribution in [-0.2, 0) is 11.3 Å². The number of carbonyl (C=O) groups excluding carboxylic acids is 1. The fraction of sp³-hybridized carbons (Fsp3) is 0.400. The van der Waals surface area contributed by atoms with Gasteiger partial charge in [-0.25, -0.2) is 9.37 Å². The van der Waals surface area contributed by atoms with Crippen LogP contribution in [0.25, 0.3) is 10.9 Å². The number of carbonyl (C=O) groups is 1. The Morgan fingerprint density at radius 2 is 2.14 bits per heavy atom. The van der Waals surface area contributed by atoms with Gasteiger partial charge in [0, 0.05) is 36.8 Å². The molecule has 1 atom stereocenters. The Morgan fingerprint density at radius 3 is 2.94 bits per heavy atom. The van der Waals surface area contributed by atoms with Crippen LogP contribution >= 0.6 is 11.8 Å². The Labute approximate surface area is 207 Å². The van der Waals surface area contributed by atoms with Crippen LogP contribution in [0.15, 0.2) is 41.4 Å². The van der Waals surface area contributed by atoms with E-state index in [0.29, 0.717) is 47.4 Å². The molecule has 2 aromatic heterocycles. The number of nitrogens with one attached hydrogen (secondary N) is 2. The number of aliphatic hydroxyl groups is 1. The molecule has 0 unspecified atom stereocenters. The number of nitrogens with zero attached hydrogens (tertiary/aromatic N) is 3. The van der Waals surface area contributed by atoms with Crippen LogP contribution in [0.5, 0.6) is 5.75 Å². The van der Waals surface area contributed by atoms with E-state index in [1.807, 2.05) is 12.1 Å². The van der Waals surface area contributed by atoms with Crippen LogP contribution in [0.2, 0.25) is 0 Å². The second kappa shape index (κ2) is 10.4. The minimum Gasteiger partial charge on any atom is -0.497 e. The van der Waals surface area contributed by atoms with E-state index in [1.54, 1.807) is 12.1 Å². The fourth-order valence-electron chi connectivity index (χ4n) is 4.63. The predicted octanol–water partition coefficient (Wildman–Crippen LogP) is 3.11. The molecule has 8 nitrogen and oxygen atoms in total. The van der Waals surface area contributed by atoms with Crippen molar-refractivity contribution in [2.24, 2.45) is 0 Å². The number of pyridine rings is 2. The van der Waals surface area contributed by atoms with Gasteiger partial charge in [0.15, 0.2) is 5.82 Å². The van der Waals surface area contributed by atoms with Gasteiger partial charge in [-0.2, -0.15) is 0 Å². The summed E-state index contributed by atoms with van der Waals surface area (Å²) in [5.41, 5.74) is 1.78. The summed E-state index contributed by atoms with van der Waals surface area (Å²) in [5, 5.41) is 17.9.